The third kappa shape index (κ3) is 2.70. The van der Waals surface area contributed by atoms with E-state index < -0.39 is 5.91 Å². The molecule has 0 aliphatic rings. The maximum atomic E-state index is 10.9. The quantitative estimate of drug-likeness (QED) is 0.607. The second kappa shape index (κ2) is 4.57. The minimum atomic E-state index is -0.408. The van der Waals surface area contributed by atoms with E-state index in [2.05, 4.69) is 21.9 Å². The summed E-state index contributed by atoms with van der Waals surface area (Å²) in [5.41, 5.74) is 0. The van der Waals surface area contributed by atoms with Gasteiger partial charge in [-0.3, -0.25) is 10.1 Å². The lowest BCUT2D eigenvalue weighted by molar-refractivity contribution is -0.111. The summed E-state index contributed by atoms with van der Waals surface area (Å²) in [5, 5.41) is 2.55. The van der Waals surface area contributed by atoms with E-state index in [1.807, 2.05) is 0 Å². The van der Waals surface area contributed by atoms with Gasteiger partial charge in [-0.25, -0.2) is 4.98 Å². The van der Waals surface area contributed by atoms with Crippen molar-refractivity contribution in [3.8, 4) is 5.88 Å². The number of amides is 1. The molecular weight excluding hydrogens is 206 g/mol. The Morgan fingerprint density at radius 2 is 2.43 bits per heavy atom. The number of methoxy groups -OCH3 is 1. The first kappa shape index (κ1) is 10.5. The van der Waals surface area contributed by atoms with Crippen LogP contribution in [0.1, 0.15) is 0 Å². The third-order valence-electron chi connectivity index (χ3n) is 1.30. The van der Waals surface area contributed by atoms with Crippen molar-refractivity contribution < 1.29 is 9.53 Å². The zero-order valence-corrected chi connectivity index (χ0v) is 8.21. The summed E-state index contributed by atoms with van der Waals surface area (Å²) >= 11 is 5.65. The number of halogens is 1. The van der Waals surface area contributed by atoms with Gasteiger partial charge in [0.1, 0.15) is 5.15 Å². The number of anilines is 1. The summed E-state index contributed by atoms with van der Waals surface area (Å²) in [6.45, 7) is 3.29. The number of aromatic nitrogens is 2. The standard InChI is InChI=1S/C8H8ClN3O2/c1-3-6(13)11-8-10-5(9)4-7(12-8)14-2/h3-4H,1H2,2H3,(H,10,11,12,13). The molecule has 0 spiro atoms. The normalized spacial score (nSPS) is 9.29. The van der Waals surface area contributed by atoms with Gasteiger partial charge in [0.05, 0.1) is 7.11 Å². The van der Waals surface area contributed by atoms with Gasteiger partial charge in [0.2, 0.25) is 17.7 Å². The van der Waals surface area contributed by atoms with Gasteiger partial charge in [0.15, 0.2) is 0 Å². The Kier molecular flexibility index (Phi) is 3.41. The molecule has 14 heavy (non-hydrogen) atoms. The Labute approximate surface area is 85.8 Å². The Morgan fingerprint density at radius 3 is 3.00 bits per heavy atom. The van der Waals surface area contributed by atoms with E-state index in [4.69, 9.17) is 16.3 Å². The molecule has 1 amide bonds. The van der Waals surface area contributed by atoms with Crippen molar-refractivity contribution in [1.82, 2.24) is 9.97 Å². The van der Waals surface area contributed by atoms with Gasteiger partial charge in [0.25, 0.3) is 0 Å². The summed E-state index contributed by atoms with van der Waals surface area (Å²) in [6, 6.07) is 1.44. The van der Waals surface area contributed by atoms with Crippen molar-refractivity contribution in [2.75, 3.05) is 12.4 Å². The predicted molar refractivity (Wildman–Crippen MR) is 52.4 cm³/mol. The largest absolute Gasteiger partial charge is 0.481 e. The van der Waals surface area contributed by atoms with E-state index in [1.165, 1.54) is 13.2 Å². The number of nitrogens with zero attached hydrogens (tertiary/aromatic N) is 2. The number of hydrogen-bond acceptors (Lipinski definition) is 4. The molecule has 0 atom stereocenters. The first-order valence-electron chi connectivity index (χ1n) is 3.67. The zero-order chi connectivity index (χ0) is 10.6. The van der Waals surface area contributed by atoms with E-state index in [-0.39, 0.29) is 17.0 Å². The number of carbonyl (C=O) groups is 1. The summed E-state index contributed by atoms with van der Waals surface area (Å²) < 4.78 is 4.84. The van der Waals surface area contributed by atoms with E-state index in [0.29, 0.717) is 0 Å². The molecule has 74 valence electrons. The van der Waals surface area contributed by atoms with Crippen LogP contribution >= 0.6 is 11.6 Å². The molecule has 1 aromatic rings. The first-order valence-corrected chi connectivity index (χ1v) is 4.05. The second-order valence-electron chi connectivity index (χ2n) is 2.25. The molecule has 0 radical (unpaired) electrons. The van der Waals surface area contributed by atoms with Gasteiger partial charge in [0, 0.05) is 6.07 Å². The van der Waals surface area contributed by atoms with Gasteiger partial charge in [-0.05, 0) is 6.08 Å². The van der Waals surface area contributed by atoms with Crippen LogP contribution in [0.2, 0.25) is 5.15 Å². The average Bonchev–Trinajstić information content (AvgIpc) is 2.16. The average molecular weight is 214 g/mol. The molecule has 6 heteroatoms. The van der Waals surface area contributed by atoms with Crippen molar-refractivity contribution in [1.29, 1.82) is 0 Å². The van der Waals surface area contributed by atoms with Crippen LogP contribution in [-0.4, -0.2) is 23.0 Å². The highest BCUT2D eigenvalue weighted by Gasteiger charge is 2.04. The Morgan fingerprint density at radius 1 is 1.71 bits per heavy atom. The van der Waals surface area contributed by atoms with Crippen molar-refractivity contribution in [3.63, 3.8) is 0 Å². The van der Waals surface area contributed by atoms with E-state index in [1.54, 1.807) is 0 Å². The zero-order valence-electron chi connectivity index (χ0n) is 7.45. The summed E-state index contributed by atoms with van der Waals surface area (Å²) in [4.78, 5) is 18.5. The van der Waals surface area contributed by atoms with Crippen LogP contribution in [0.3, 0.4) is 0 Å². The molecule has 1 N–H and O–H groups in total. The van der Waals surface area contributed by atoms with Crippen molar-refractivity contribution in [2.45, 2.75) is 0 Å². The molecule has 0 saturated heterocycles. The second-order valence-corrected chi connectivity index (χ2v) is 2.64. The smallest absolute Gasteiger partial charge is 0.250 e. The Hall–Kier alpha value is -1.62. The molecule has 0 fully saturated rings. The monoisotopic (exact) mass is 213 g/mol. The summed E-state index contributed by atoms with van der Waals surface area (Å²) in [6.07, 6.45) is 1.11. The summed E-state index contributed by atoms with van der Waals surface area (Å²) in [5.74, 6) is -0.0436. The molecule has 5 nitrogen and oxygen atoms in total. The molecule has 0 aromatic carbocycles. The molecule has 1 rings (SSSR count). The molecule has 1 heterocycles. The third-order valence-corrected chi connectivity index (χ3v) is 1.49. The maximum absolute atomic E-state index is 10.9. The lowest BCUT2D eigenvalue weighted by atomic mass is 10.6. The molecule has 0 saturated carbocycles. The molecular formula is C8H8ClN3O2. The van der Waals surface area contributed by atoms with Crippen LogP contribution in [0.15, 0.2) is 18.7 Å². The van der Waals surface area contributed by atoms with E-state index in [9.17, 15) is 4.79 Å². The first-order chi connectivity index (χ1) is 6.65. The maximum Gasteiger partial charge on any atom is 0.250 e. The lowest BCUT2D eigenvalue weighted by Gasteiger charge is -2.03. The topological polar surface area (TPSA) is 64.1 Å². The van der Waals surface area contributed by atoms with Crippen molar-refractivity contribution in [2.24, 2.45) is 0 Å². The number of carbonyl (C=O) groups excluding carboxylic acids is 1. The molecule has 0 bridgehead atoms. The Bertz CT molecular complexity index is 368. The number of hydrogen-bond donors (Lipinski definition) is 1. The van der Waals surface area contributed by atoms with Crippen LogP contribution in [0, 0.1) is 0 Å². The van der Waals surface area contributed by atoms with Crippen molar-refractivity contribution >= 4 is 23.5 Å². The van der Waals surface area contributed by atoms with Crippen LogP contribution < -0.4 is 10.1 Å². The SMILES string of the molecule is C=CC(=O)Nc1nc(Cl)cc(OC)n1. The van der Waals surface area contributed by atoms with Gasteiger partial charge in [-0.2, -0.15) is 4.98 Å². The molecule has 0 aliphatic carbocycles. The Balaban J connectivity index is 2.91. The highest BCUT2D eigenvalue weighted by Crippen LogP contribution is 2.15. The number of rotatable bonds is 3. The van der Waals surface area contributed by atoms with E-state index >= 15 is 0 Å². The number of nitrogens with one attached hydrogen (secondary N) is 1. The van der Waals surface area contributed by atoms with Gasteiger partial charge in [-0.15, -0.1) is 0 Å². The van der Waals surface area contributed by atoms with Crippen LogP contribution in [0.5, 0.6) is 5.88 Å². The van der Waals surface area contributed by atoms with Gasteiger partial charge < -0.3 is 4.74 Å². The lowest BCUT2D eigenvalue weighted by Crippen LogP contribution is -2.10. The fourth-order valence-corrected chi connectivity index (χ4v) is 0.892. The van der Waals surface area contributed by atoms with Crippen LogP contribution in [-0.2, 0) is 4.79 Å². The van der Waals surface area contributed by atoms with Crippen LogP contribution in [0.25, 0.3) is 0 Å². The fraction of sp³-hybridized carbons (Fsp3) is 0.125. The molecule has 0 aliphatic heterocycles. The predicted octanol–water partition coefficient (Wildman–Crippen LogP) is 1.26. The van der Waals surface area contributed by atoms with Crippen molar-refractivity contribution in [3.05, 3.63) is 23.9 Å². The highest BCUT2D eigenvalue weighted by molar-refractivity contribution is 6.29. The van der Waals surface area contributed by atoms with Crippen LogP contribution in [0.4, 0.5) is 5.95 Å². The minimum absolute atomic E-state index is 0.0826. The summed E-state index contributed by atoms with van der Waals surface area (Å²) in [7, 11) is 1.44. The molecule has 0 unspecified atom stereocenters. The van der Waals surface area contributed by atoms with Gasteiger partial charge >= 0.3 is 0 Å². The highest BCUT2D eigenvalue weighted by atomic mass is 35.5. The molecule has 1 aromatic heterocycles. The number of ether oxygens (including phenoxy) is 1. The van der Waals surface area contributed by atoms with E-state index in [0.717, 1.165) is 6.08 Å². The fourth-order valence-electron chi connectivity index (χ4n) is 0.719. The van der Waals surface area contributed by atoms with Gasteiger partial charge in [-0.1, -0.05) is 18.2 Å². The minimum Gasteiger partial charge on any atom is -0.481 e.